The summed E-state index contributed by atoms with van der Waals surface area (Å²) in [6, 6.07) is 7.17. The summed E-state index contributed by atoms with van der Waals surface area (Å²) >= 11 is 0. The molecule has 0 fully saturated rings. The predicted octanol–water partition coefficient (Wildman–Crippen LogP) is 2.71. The third-order valence-electron chi connectivity index (χ3n) is 3.63. The number of aromatic hydroxyl groups is 2. The van der Waals surface area contributed by atoms with Crippen molar-refractivity contribution in [2.75, 3.05) is 21.3 Å². The van der Waals surface area contributed by atoms with E-state index < -0.39 is 9.84 Å². The SMILES string of the molecule is COc1cc(OC)c(CS(=O)(=O)C=Cc2ccc(O)c(O)c2)c(OC)c1. The van der Waals surface area contributed by atoms with Crippen LogP contribution in [-0.2, 0) is 15.6 Å². The van der Waals surface area contributed by atoms with E-state index >= 15 is 0 Å². The predicted molar refractivity (Wildman–Crippen MR) is 97.5 cm³/mol. The minimum atomic E-state index is -3.67. The first-order valence-electron chi connectivity index (χ1n) is 7.51. The lowest BCUT2D eigenvalue weighted by molar-refractivity contribution is 0.370. The van der Waals surface area contributed by atoms with Crippen molar-refractivity contribution in [3.05, 3.63) is 46.9 Å². The van der Waals surface area contributed by atoms with E-state index in [0.717, 1.165) is 5.41 Å². The van der Waals surface area contributed by atoms with Crippen LogP contribution in [0.25, 0.3) is 6.08 Å². The van der Waals surface area contributed by atoms with Crippen molar-refractivity contribution >= 4 is 15.9 Å². The Balaban J connectivity index is 2.33. The zero-order valence-electron chi connectivity index (χ0n) is 14.6. The van der Waals surface area contributed by atoms with Gasteiger partial charge in [0.2, 0.25) is 0 Å². The van der Waals surface area contributed by atoms with Gasteiger partial charge in [-0.05, 0) is 23.8 Å². The number of hydrogen-bond donors (Lipinski definition) is 2. The molecule has 8 heteroatoms. The highest BCUT2D eigenvalue weighted by atomic mass is 32.2. The Kier molecular flexibility index (Phi) is 5.99. The topological polar surface area (TPSA) is 102 Å². The quantitative estimate of drug-likeness (QED) is 0.712. The van der Waals surface area contributed by atoms with Crippen LogP contribution in [0.4, 0.5) is 0 Å². The van der Waals surface area contributed by atoms with Gasteiger partial charge in [0.25, 0.3) is 0 Å². The van der Waals surface area contributed by atoms with E-state index in [1.165, 1.54) is 45.6 Å². The number of phenolic OH excluding ortho intramolecular Hbond substituents is 2. The summed E-state index contributed by atoms with van der Waals surface area (Å²) in [5.74, 6) is 0.195. The highest BCUT2D eigenvalue weighted by molar-refractivity contribution is 7.93. The zero-order chi connectivity index (χ0) is 19.3. The molecule has 0 heterocycles. The molecular formula is C18H20O7S. The molecular weight excluding hydrogens is 360 g/mol. The second-order valence-electron chi connectivity index (χ2n) is 5.37. The van der Waals surface area contributed by atoms with Crippen LogP contribution < -0.4 is 14.2 Å². The van der Waals surface area contributed by atoms with Crippen molar-refractivity contribution in [3.63, 3.8) is 0 Å². The van der Waals surface area contributed by atoms with Crippen LogP contribution in [0.2, 0.25) is 0 Å². The number of methoxy groups -OCH3 is 3. The Hall–Kier alpha value is -2.87. The number of phenols is 2. The van der Waals surface area contributed by atoms with Gasteiger partial charge in [-0.3, -0.25) is 0 Å². The van der Waals surface area contributed by atoms with Crippen LogP contribution in [0.3, 0.4) is 0 Å². The molecule has 0 atom stereocenters. The highest BCUT2D eigenvalue weighted by Gasteiger charge is 2.19. The molecule has 2 aromatic rings. The molecule has 0 radical (unpaired) electrons. The van der Waals surface area contributed by atoms with Crippen LogP contribution in [-0.4, -0.2) is 40.0 Å². The molecule has 0 aliphatic heterocycles. The van der Waals surface area contributed by atoms with E-state index in [0.29, 0.717) is 28.4 Å². The number of rotatable bonds is 7. The molecule has 2 rings (SSSR count). The Morgan fingerprint density at radius 2 is 1.54 bits per heavy atom. The highest BCUT2D eigenvalue weighted by Crippen LogP contribution is 2.35. The molecule has 0 spiro atoms. The summed E-state index contributed by atoms with van der Waals surface area (Å²) in [4.78, 5) is 0. The lowest BCUT2D eigenvalue weighted by atomic mass is 10.2. The molecule has 0 bridgehead atoms. The summed E-state index contributed by atoms with van der Waals surface area (Å²) in [5.41, 5.74) is 0.798. The molecule has 7 nitrogen and oxygen atoms in total. The van der Waals surface area contributed by atoms with Crippen molar-refractivity contribution in [2.45, 2.75) is 5.75 Å². The van der Waals surface area contributed by atoms with Crippen LogP contribution in [0.1, 0.15) is 11.1 Å². The van der Waals surface area contributed by atoms with Gasteiger partial charge in [0.15, 0.2) is 21.3 Å². The van der Waals surface area contributed by atoms with E-state index in [1.807, 2.05) is 0 Å². The monoisotopic (exact) mass is 380 g/mol. The van der Waals surface area contributed by atoms with Crippen LogP contribution in [0, 0.1) is 0 Å². The minimum Gasteiger partial charge on any atom is -0.504 e. The Bertz CT molecular complexity index is 892. The van der Waals surface area contributed by atoms with Crippen LogP contribution >= 0.6 is 0 Å². The molecule has 0 aromatic heterocycles. The number of ether oxygens (including phenoxy) is 3. The van der Waals surface area contributed by atoms with E-state index in [1.54, 1.807) is 12.1 Å². The van der Waals surface area contributed by atoms with E-state index in [9.17, 15) is 18.6 Å². The van der Waals surface area contributed by atoms with Crippen molar-refractivity contribution in [1.82, 2.24) is 0 Å². The standard InChI is InChI=1S/C18H20O7S/c1-23-13-9-17(24-2)14(18(10-13)25-3)11-26(21,22)7-6-12-4-5-15(19)16(20)8-12/h4-10,19-20H,11H2,1-3H3. The molecule has 26 heavy (non-hydrogen) atoms. The number of hydrogen-bond acceptors (Lipinski definition) is 7. The Labute approximate surface area is 152 Å². The zero-order valence-corrected chi connectivity index (χ0v) is 15.4. The van der Waals surface area contributed by atoms with Crippen molar-refractivity contribution in [2.24, 2.45) is 0 Å². The Morgan fingerprint density at radius 3 is 2.04 bits per heavy atom. The smallest absolute Gasteiger partial charge is 0.176 e. The minimum absolute atomic E-state index is 0.280. The third-order valence-corrected chi connectivity index (χ3v) is 4.87. The molecule has 0 unspecified atom stereocenters. The summed E-state index contributed by atoms with van der Waals surface area (Å²) in [7, 11) is 0.680. The third kappa shape index (κ3) is 4.60. The normalized spacial score (nSPS) is 11.5. The van der Waals surface area contributed by atoms with Gasteiger partial charge in [-0.15, -0.1) is 0 Å². The first-order chi connectivity index (χ1) is 12.3. The summed E-state index contributed by atoms with van der Waals surface area (Å²) in [6.45, 7) is 0. The van der Waals surface area contributed by atoms with Crippen LogP contribution in [0.15, 0.2) is 35.7 Å². The number of benzene rings is 2. The maximum atomic E-state index is 12.5. The number of sulfone groups is 1. The maximum Gasteiger partial charge on any atom is 0.176 e. The molecule has 0 saturated carbocycles. The van der Waals surface area contributed by atoms with Gasteiger partial charge >= 0.3 is 0 Å². The molecule has 2 N–H and O–H groups in total. The average molecular weight is 380 g/mol. The van der Waals surface area contributed by atoms with Gasteiger partial charge in [-0.2, -0.15) is 0 Å². The van der Waals surface area contributed by atoms with Crippen molar-refractivity contribution in [3.8, 4) is 28.7 Å². The van der Waals surface area contributed by atoms with Crippen LogP contribution in [0.5, 0.6) is 28.7 Å². The van der Waals surface area contributed by atoms with E-state index in [-0.39, 0.29) is 17.3 Å². The van der Waals surface area contributed by atoms with Crippen molar-refractivity contribution in [1.29, 1.82) is 0 Å². The fraction of sp³-hybridized carbons (Fsp3) is 0.222. The van der Waals surface area contributed by atoms with Gasteiger partial charge < -0.3 is 24.4 Å². The largest absolute Gasteiger partial charge is 0.504 e. The average Bonchev–Trinajstić information content (AvgIpc) is 2.62. The second-order valence-corrected chi connectivity index (χ2v) is 7.26. The first kappa shape index (κ1) is 19.5. The molecule has 0 aliphatic carbocycles. The van der Waals surface area contributed by atoms with E-state index in [2.05, 4.69) is 0 Å². The van der Waals surface area contributed by atoms with Gasteiger partial charge in [-0.25, -0.2) is 8.42 Å². The summed E-state index contributed by atoms with van der Waals surface area (Å²) in [6.07, 6.45) is 1.33. The first-order valence-corrected chi connectivity index (χ1v) is 9.23. The van der Waals surface area contributed by atoms with Gasteiger partial charge in [0, 0.05) is 17.5 Å². The lowest BCUT2D eigenvalue weighted by Crippen LogP contribution is -2.05. The molecule has 0 aliphatic rings. The van der Waals surface area contributed by atoms with Gasteiger partial charge in [0.1, 0.15) is 17.2 Å². The lowest BCUT2D eigenvalue weighted by Gasteiger charge is -2.14. The van der Waals surface area contributed by atoms with Gasteiger partial charge in [0.05, 0.1) is 32.6 Å². The Morgan fingerprint density at radius 1 is 0.923 bits per heavy atom. The summed E-state index contributed by atoms with van der Waals surface area (Å²) < 4.78 is 40.6. The fourth-order valence-electron chi connectivity index (χ4n) is 2.30. The van der Waals surface area contributed by atoms with Crippen molar-refractivity contribution < 1.29 is 32.8 Å². The summed E-state index contributed by atoms with van der Waals surface area (Å²) in [5, 5.41) is 19.8. The molecule has 0 amide bonds. The maximum absolute atomic E-state index is 12.5. The van der Waals surface area contributed by atoms with E-state index in [4.69, 9.17) is 14.2 Å². The fourth-order valence-corrected chi connectivity index (χ4v) is 3.44. The molecule has 0 saturated heterocycles. The molecule has 140 valence electrons. The van der Waals surface area contributed by atoms with Gasteiger partial charge in [-0.1, -0.05) is 6.07 Å². The molecule has 2 aromatic carbocycles. The second kappa shape index (κ2) is 8.01.